The number of nitrogens with one attached hydrogen (secondary N) is 1. The number of hydrogen-bond donors (Lipinski definition) is 2. The molecule has 26 heavy (non-hydrogen) atoms. The van der Waals surface area contributed by atoms with Crippen LogP contribution in [-0.2, 0) is 6.54 Å². The first-order valence-electron chi connectivity index (χ1n) is 7.45. The molecule has 0 aliphatic heterocycles. The first-order valence-corrected chi connectivity index (χ1v) is 7.45. The predicted molar refractivity (Wildman–Crippen MR) is 90.8 cm³/mol. The van der Waals surface area contributed by atoms with Crippen LogP contribution in [0.15, 0.2) is 48.9 Å². The van der Waals surface area contributed by atoms with Crippen LogP contribution in [0.1, 0.15) is 0 Å². The summed E-state index contributed by atoms with van der Waals surface area (Å²) >= 11 is 0. The molecule has 0 radical (unpaired) electrons. The molecule has 1 aromatic carbocycles. The van der Waals surface area contributed by atoms with Crippen LogP contribution in [0, 0.1) is 17.1 Å². The van der Waals surface area contributed by atoms with Crippen molar-refractivity contribution in [3.63, 3.8) is 0 Å². The molecule has 3 rings (SSSR count). The molecule has 9 heteroatoms. The van der Waals surface area contributed by atoms with E-state index in [1.54, 1.807) is 30.7 Å². The summed E-state index contributed by atoms with van der Waals surface area (Å²) in [6.07, 6.45) is 4.83. The number of urea groups is 1. The summed E-state index contributed by atoms with van der Waals surface area (Å²) in [7, 11) is 0. The minimum Gasteiger partial charge on any atom is -0.457 e. The summed E-state index contributed by atoms with van der Waals surface area (Å²) < 4.78 is 21.1. The van der Waals surface area contributed by atoms with Crippen LogP contribution >= 0.6 is 0 Å². The molecule has 0 saturated carbocycles. The van der Waals surface area contributed by atoms with E-state index in [1.807, 2.05) is 6.07 Å². The molecule has 0 aliphatic rings. The number of primary amides is 1. The molecule has 2 heterocycles. The Kier molecular flexibility index (Phi) is 4.76. The Labute approximate surface area is 147 Å². The van der Waals surface area contributed by atoms with Crippen LogP contribution in [-0.4, -0.2) is 20.8 Å². The second-order valence-electron chi connectivity index (χ2n) is 5.19. The van der Waals surface area contributed by atoms with Crippen molar-refractivity contribution in [1.82, 2.24) is 14.8 Å². The van der Waals surface area contributed by atoms with Gasteiger partial charge in [-0.1, -0.05) is 0 Å². The molecular formula is C17H13FN6O2. The van der Waals surface area contributed by atoms with Gasteiger partial charge in [0.15, 0.2) is 0 Å². The van der Waals surface area contributed by atoms with Gasteiger partial charge in [0, 0.05) is 30.1 Å². The number of halogens is 1. The monoisotopic (exact) mass is 352 g/mol. The normalized spacial score (nSPS) is 10.2. The number of pyridine rings is 1. The quantitative estimate of drug-likeness (QED) is 0.732. The van der Waals surface area contributed by atoms with Gasteiger partial charge in [-0.15, -0.1) is 0 Å². The summed E-state index contributed by atoms with van der Waals surface area (Å²) in [5.74, 6) is 0.0150. The van der Waals surface area contributed by atoms with Gasteiger partial charge in [0.2, 0.25) is 0 Å². The Morgan fingerprint density at radius 3 is 2.88 bits per heavy atom. The third-order valence-corrected chi connectivity index (χ3v) is 3.33. The standard InChI is InChI=1S/C17H13FN6O2/c18-14-7-12(1-2-15(14)23-17(20)25)26-13-3-5-21-16(8-13)11-9-22-24(10-11)6-4-19/h1-3,5,7-10H,6H2,(H3,20,23,25). The van der Waals surface area contributed by atoms with Gasteiger partial charge in [-0.05, 0) is 18.2 Å². The number of aromatic nitrogens is 3. The summed E-state index contributed by atoms with van der Waals surface area (Å²) in [5, 5.41) is 14.9. The number of amides is 2. The Balaban J connectivity index is 1.79. The zero-order chi connectivity index (χ0) is 18.5. The maximum atomic E-state index is 13.9. The maximum Gasteiger partial charge on any atom is 0.316 e. The molecule has 0 unspecified atom stereocenters. The number of nitrogens with two attached hydrogens (primary N) is 1. The van der Waals surface area contributed by atoms with E-state index in [0.29, 0.717) is 11.4 Å². The highest BCUT2D eigenvalue weighted by Crippen LogP contribution is 2.27. The maximum absolute atomic E-state index is 13.9. The van der Waals surface area contributed by atoms with Crippen molar-refractivity contribution in [3.8, 4) is 28.8 Å². The van der Waals surface area contributed by atoms with Crippen molar-refractivity contribution in [2.24, 2.45) is 5.73 Å². The van der Waals surface area contributed by atoms with Crippen LogP contribution < -0.4 is 15.8 Å². The first kappa shape index (κ1) is 16.9. The lowest BCUT2D eigenvalue weighted by molar-refractivity contribution is 0.259. The lowest BCUT2D eigenvalue weighted by atomic mass is 10.2. The third-order valence-electron chi connectivity index (χ3n) is 3.33. The van der Waals surface area contributed by atoms with Gasteiger partial charge in [-0.3, -0.25) is 9.67 Å². The van der Waals surface area contributed by atoms with E-state index >= 15 is 0 Å². The number of rotatable bonds is 5. The van der Waals surface area contributed by atoms with Crippen molar-refractivity contribution in [3.05, 3.63) is 54.7 Å². The average Bonchev–Trinajstić information content (AvgIpc) is 3.06. The number of benzene rings is 1. The topological polar surface area (TPSA) is 119 Å². The molecule has 2 aromatic heterocycles. The molecule has 3 N–H and O–H groups in total. The zero-order valence-electron chi connectivity index (χ0n) is 13.4. The lowest BCUT2D eigenvalue weighted by Gasteiger charge is -2.09. The first-order chi connectivity index (χ1) is 12.5. The number of carbonyl (C=O) groups excluding carboxylic acids is 1. The Bertz CT molecular complexity index is 995. The van der Waals surface area contributed by atoms with E-state index in [9.17, 15) is 9.18 Å². The van der Waals surface area contributed by atoms with E-state index in [0.717, 1.165) is 11.6 Å². The Hall–Kier alpha value is -3.93. The van der Waals surface area contributed by atoms with Gasteiger partial charge in [0.05, 0.1) is 23.6 Å². The van der Waals surface area contributed by atoms with E-state index < -0.39 is 11.8 Å². The van der Waals surface area contributed by atoms with E-state index in [1.165, 1.54) is 16.8 Å². The highest BCUT2D eigenvalue weighted by molar-refractivity contribution is 5.88. The van der Waals surface area contributed by atoms with Gasteiger partial charge in [-0.2, -0.15) is 10.4 Å². The number of hydrogen-bond acceptors (Lipinski definition) is 5. The molecule has 3 aromatic rings. The SMILES string of the molecule is N#CCn1cc(-c2cc(Oc3ccc(NC(N)=O)c(F)c3)ccn2)cn1. The fourth-order valence-corrected chi connectivity index (χ4v) is 2.22. The molecule has 8 nitrogen and oxygen atoms in total. The van der Waals surface area contributed by atoms with Crippen LogP contribution in [0.3, 0.4) is 0 Å². The second kappa shape index (κ2) is 7.31. The number of anilines is 1. The summed E-state index contributed by atoms with van der Waals surface area (Å²) in [6, 6.07) is 8.42. The molecule has 130 valence electrons. The highest BCUT2D eigenvalue weighted by atomic mass is 19.1. The van der Waals surface area contributed by atoms with Crippen LogP contribution in [0.4, 0.5) is 14.9 Å². The molecule has 2 amide bonds. The summed E-state index contributed by atoms with van der Waals surface area (Å²) in [5.41, 5.74) is 6.25. The Morgan fingerprint density at radius 1 is 1.35 bits per heavy atom. The fraction of sp³-hybridized carbons (Fsp3) is 0.0588. The largest absolute Gasteiger partial charge is 0.457 e. The second-order valence-corrected chi connectivity index (χ2v) is 5.19. The number of ether oxygens (including phenoxy) is 1. The van der Waals surface area contributed by atoms with E-state index in [2.05, 4.69) is 15.4 Å². The fourth-order valence-electron chi connectivity index (χ4n) is 2.22. The van der Waals surface area contributed by atoms with Gasteiger partial charge < -0.3 is 15.8 Å². The Morgan fingerprint density at radius 2 is 2.15 bits per heavy atom. The van der Waals surface area contributed by atoms with E-state index in [4.69, 9.17) is 15.7 Å². The van der Waals surface area contributed by atoms with Gasteiger partial charge in [-0.25, -0.2) is 9.18 Å². The van der Waals surface area contributed by atoms with Gasteiger partial charge in [0.25, 0.3) is 0 Å². The molecule has 0 saturated heterocycles. The summed E-state index contributed by atoms with van der Waals surface area (Å²) in [6.45, 7) is 0.140. The smallest absolute Gasteiger partial charge is 0.316 e. The van der Waals surface area contributed by atoms with Crippen molar-refractivity contribution in [2.45, 2.75) is 6.54 Å². The minimum atomic E-state index is -0.853. The molecule has 0 atom stereocenters. The van der Waals surface area contributed by atoms with Crippen molar-refractivity contribution < 1.29 is 13.9 Å². The van der Waals surface area contributed by atoms with Crippen LogP contribution in [0.25, 0.3) is 11.3 Å². The molecule has 0 fully saturated rings. The molecule has 0 aliphatic carbocycles. The van der Waals surface area contributed by atoms with Crippen molar-refractivity contribution in [1.29, 1.82) is 5.26 Å². The van der Waals surface area contributed by atoms with Crippen molar-refractivity contribution in [2.75, 3.05) is 5.32 Å². The van der Waals surface area contributed by atoms with Gasteiger partial charge >= 0.3 is 6.03 Å². The third kappa shape index (κ3) is 3.93. The highest BCUT2D eigenvalue weighted by Gasteiger charge is 2.09. The molecule has 0 spiro atoms. The number of carbonyl (C=O) groups is 1. The lowest BCUT2D eigenvalue weighted by Crippen LogP contribution is -2.19. The zero-order valence-corrected chi connectivity index (χ0v) is 13.4. The summed E-state index contributed by atoms with van der Waals surface area (Å²) in [4.78, 5) is 15.0. The van der Waals surface area contributed by atoms with Crippen LogP contribution in [0.2, 0.25) is 0 Å². The van der Waals surface area contributed by atoms with Crippen molar-refractivity contribution >= 4 is 11.7 Å². The molecular weight excluding hydrogens is 339 g/mol. The van der Waals surface area contributed by atoms with Gasteiger partial charge in [0.1, 0.15) is 23.9 Å². The minimum absolute atomic E-state index is 0.0369. The van der Waals surface area contributed by atoms with E-state index in [-0.39, 0.29) is 18.0 Å². The van der Waals surface area contributed by atoms with Crippen LogP contribution in [0.5, 0.6) is 11.5 Å². The molecule has 0 bridgehead atoms. The predicted octanol–water partition coefficient (Wildman–Crippen LogP) is 2.89. The number of nitriles is 1. The number of nitrogens with zero attached hydrogens (tertiary/aromatic N) is 4. The average molecular weight is 352 g/mol.